The van der Waals surface area contributed by atoms with Crippen LogP contribution in [0.4, 0.5) is 4.39 Å². The van der Waals surface area contributed by atoms with Gasteiger partial charge in [0, 0.05) is 13.1 Å². The second-order valence-corrected chi connectivity index (χ2v) is 5.78. The van der Waals surface area contributed by atoms with Gasteiger partial charge in [-0.3, -0.25) is 0 Å². The molecule has 0 aromatic heterocycles. The zero-order chi connectivity index (χ0) is 13.1. The van der Waals surface area contributed by atoms with Gasteiger partial charge in [-0.1, -0.05) is 25.1 Å². The number of nitrogens with zero attached hydrogens (tertiary/aromatic N) is 1. The number of rotatable bonds is 5. The molecule has 0 saturated carbocycles. The summed E-state index contributed by atoms with van der Waals surface area (Å²) in [6, 6.07) is 5.01. The third kappa shape index (κ3) is 3.38. The first-order valence-corrected chi connectivity index (χ1v) is 6.72. The summed E-state index contributed by atoms with van der Waals surface area (Å²) in [5.41, 5.74) is 0.742. The molecule has 0 unspecified atom stereocenters. The highest BCUT2D eigenvalue weighted by atomic mass is 32.2. The lowest BCUT2D eigenvalue weighted by molar-refractivity contribution is 0.452. The normalized spacial score (nSPS) is 11.8. The quantitative estimate of drug-likeness (QED) is 0.760. The van der Waals surface area contributed by atoms with Gasteiger partial charge in [0.25, 0.3) is 0 Å². The van der Waals surface area contributed by atoms with Crippen molar-refractivity contribution in [2.24, 2.45) is 0 Å². The monoisotopic (exact) mass is 257 g/mol. The van der Waals surface area contributed by atoms with E-state index >= 15 is 0 Å². The first kappa shape index (κ1) is 13.9. The van der Waals surface area contributed by atoms with Crippen LogP contribution in [0.2, 0.25) is 0 Å². The van der Waals surface area contributed by atoms with Crippen molar-refractivity contribution in [2.75, 3.05) is 13.1 Å². The first-order valence-electron chi connectivity index (χ1n) is 5.28. The Morgan fingerprint density at radius 1 is 1.47 bits per heavy atom. The molecule has 0 amide bonds. The molecule has 0 fully saturated rings. The van der Waals surface area contributed by atoms with Crippen LogP contribution in [0.5, 0.6) is 0 Å². The lowest BCUT2D eigenvalue weighted by Gasteiger charge is -2.20. The summed E-state index contributed by atoms with van der Waals surface area (Å²) in [5, 5.41) is 0. The lowest BCUT2D eigenvalue weighted by Crippen LogP contribution is -2.32. The molecule has 1 aromatic rings. The molecule has 0 heterocycles. The molecule has 17 heavy (non-hydrogen) atoms. The van der Waals surface area contributed by atoms with Crippen LogP contribution in [0.15, 0.2) is 41.3 Å². The molecule has 0 aliphatic carbocycles. The summed E-state index contributed by atoms with van der Waals surface area (Å²) in [7, 11) is -3.64. The van der Waals surface area contributed by atoms with Gasteiger partial charge in [-0.2, -0.15) is 4.31 Å². The van der Waals surface area contributed by atoms with Gasteiger partial charge in [-0.05, 0) is 25.1 Å². The molecule has 0 bridgehead atoms. The third-order valence-electron chi connectivity index (χ3n) is 2.23. The highest BCUT2D eigenvalue weighted by Gasteiger charge is 2.23. The highest BCUT2D eigenvalue weighted by Crippen LogP contribution is 2.17. The molecule has 0 aliphatic heterocycles. The van der Waals surface area contributed by atoms with Gasteiger partial charge in [0.2, 0.25) is 10.0 Å². The van der Waals surface area contributed by atoms with E-state index in [0.717, 1.165) is 11.6 Å². The predicted molar refractivity (Wildman–Crippen MR) is 65.6 cm³/mol. The average Bonchev–Trinajstić information content (AvgIpc) is 2.25. The molecule has 94 valence electrons. The van der Waals surface area contributed by atoms with E-state index in [2.05, 4.69) is 6.58 Å². The van der Waals surface area contributed by atoms with Crippen molar-refractivity contribution in [3.63, 3.8) is 0 Å². The van der Waals surface area contributed by atoms with E-state index in [9.17, 15) is 12.8 Å². The standard InChI is InChI=1S/C12H16FNO2S/c1-4-14(9-10(2)3)17(15,16)12-7-5-6-11(13)8-12/h5-8H,2,4,9H2,1,3H3. The van der Waals surface area contributed by atoms with Gasteiger partial charge in [-0.15, -0.1) is 0 Å². The lowest BCUT2D eigenvalue weighted by atomic mass is 10.3. The summed E-state index contributed by atoms with van der Waals surface area (Å²) < 4.78 is 38.6. The van der Waals surface area contributed by atoms with Crippen molar-refractivity contribution in [1.82, 2.24) is 4.31 Å². The summed E-state index contributed by atoms with van der Waals surface area (Å²) in [5.74, 6) is -0.558. The Hall–Kier alpha value is -1.20. The molecule has 5 heteroatoms. The molecule has 0 atom stereocenters. The molecule has 1 rings (SSSR count). The number of sulfonamides is 1. The van der Waals surface area contributed by atoms with E-state index in [1.807, 2.05) is 0 Å². The fraction of sp³-hybridized carbons (Fsp3) is 0.333. The predicted octanol–water partition coefficient (Wildman–Crippen LogP) is 2.41. The molecular formula is C12H16FNO2S. The van der Waals surface area contributed by atoms with E-state index in [-0.39, 0.29) is 11.4 Å². The number of halogens is 1. The Balaban J connectivity index is 3.13. The van der Waals surface area contributed by atoms with Gasteiger partial charge in [0.15, 0.2) is 0 Å². The van der Waals surface area contributed by atoms with Crippen LogP contribution in [-0.2, 0) is 10.0 Å². The van der Waals surface area contributed by atoms with Gasteiger partial charge in [0.05, 0.1) is 4.90 Å². The van der Waals surface area contributed by atoms with Crippen molar-refractivity contribution in [3.8, 4) is 0 Å². The van der Waals surface area contributed by atoms with E-state index in [0.29, 0.717) is 6.54 Å². The summed E-state index contributed by atoms with van der Waals surface area (Å²) in [6.45, 7) is 7.75. The van der Waals surface area contributed by atoms with Gasteiger partial charge < -0.3 is 0 Å². The molecule has 1 aromatic carbocycles. The van der Waals surface area contributed by atoms with E-state index in [4.69, 9.17) is 0 Å². The van der Waals surface area contributed by atoms with Gasteiger partial charge in [-0.25, -0.2) is 12.8 Å². The Morgan fingerprint density at radius 3 is 2.59 bits per heavy atom. The highest BCUT2D eigenvalue weighted by molar-refractivity contribution is 7.89. The van der Waals surface area contributed by atoms with Crippen molar-refractivity contribution in [3.05, 3.63) is 42.2 Å². The molecule has 0 aliphatic rings. The minimum Gasteiger partial charge on any atom is -0.207 e. The minimum atomic E-state index is -3.64. The van der Waals surface area contributed by atoms with Gasteiger partial charge >= 0.3 is 0 Å². The SMILES string of the molecule is C=C(C)CN(CC)S(=O)(=O)c1cccc(F)c1. The summed E-state index contributed by atoms with van der Waals surface area (Å²) in [4.78, 5) is -0.0272. The average molecular weight is 257 g/mol. The van der Waals surface area contributed by atoms with E-state index < -0.39 is 15.8 Å². The van der Waals surface area contributed by atoms with Gasteiger partial charge in [0.1, 0.15) is 5.82 Å². The summed E-state index contributed by atoms with van der Waals surface area (Å²) in [6.07, 6.45) is 0. The zero-order valence-corrected chi connectivity index (χ0v) is 10.8. The van der Waals surface area contributed by atoms with Crippen LogP contribution >= 0.6 is 0 Å². The maximum atomic E-state index is 13.0. The van der Waals surface area contributed by atoms with Crippen molar-refractivity contribution >= 4 is 10.0 Å². The fourth-order valence-electron chi connectivity index (χ4n) is 1.44. The maximum absolute atomic E-state index is 13.0. The Morgan fingerprint density at radius 2 is 2.12 bits per heavy atom. The maximum Gasteiger partial charge on any atom is 0.243 e. The van der Waals surface area contributed by atoms with Crippen LogP contribution in [0.25, 0.3) is 0 Å². The van der Waals surface area contributed by atoms with Crippen molar-refractivity contribution in [2.45, 2.75) is 18.7 Å². The largest absolute Gasteiger partial charge is 0.243 e. The molecule has 3 nitrogen and oxygen atoms in total. The molecular weight excluding hydrogens is 241 g/mol. The molecule has 0 saturated heterocycles. The van der Waals surface area contributed by atoms with Crippen LogP contribution in [-0.4, -0.2) is 25.8 Å². The Kier molecular flexibility index (Phi) is 4.42. The van der Waals surface area contributed by atoms with Crippen LogP contribution in [0, 0.1) is 5.82 Å². The number of hydrogen-bond acceptors (Lipinski definition) is 2. The molecule has 0 radical (unpaired) electrons. The van der Waals surface area contributed by atoms with E-state index in [1.165, 1.54) is 22.5 Å². The smallest absolute Gasteiger partial charge is 0.207 e. The third-order valence-corrected chi connectivity index (χ3v) is 4.15. The van der Waals surface area contributed by atoms with Crippen molar-refractivity contribution in [1.29, 1.82) is 0 Å². The topological polar surface area (TPSA) is 37.4 Å². The first-order chi connectivity index (χ1) is 7.87. The summed E-state index contributed by atoms with van der Waals surface area (Å²) >= 11 is 0. The van der Waals surface area contributed by atoms with Crippen LogP contribution < -0.4 is 0 Å². The Bertz CT molecular complexity index is 511. The van der Waals surface area contributed by atoms with Crippen LogP contribution in [0.3, 0.4) is 0 Å². The minimum absolute atomic E-state index is 0.0272. The number of benzene rings is 1. The Labute approximate surface area is 102 Å². The van der Waals surface area contributed by atoms with Crippen LogP contribution in [0.1, 0.15) is 13.8 Å². The fourth-order valence-corrected chi connectivity index (χ4v) is 2.98. The van der Waals surface area contributed by atoms with E-state index in [1.54, 1.807) is 13.8 Å². The number of hydrogen-bond donors (Lipinski definition) is 0. The van der Waals surface area contributed by atoms with Crippen molar-refractivity contribution < 1.29 is 12.8 Å². The number of likely N-dealkylation sites (N-methyl/N-ethyl adjacent to an activating group) is 1. The second kappa shape index (κ2) is 5.42. The zero-order valence-electron chi connectivity index (χ0n) is 9.98. The second-order valence-electron chi connectivity index (χ2n) is 3.85. The molecule has 0 N–H and O–H groups in total. The molecule has 0 spiro atoms.